The van der Waals surface area contributed by atoms with Crippen molar-refractivity contribution in [3.05, 3.63) is 48.2 Å². The Hall–Kier alpha value is -7.96. The Labute approximate surface area is 570 Å². The van der Waals surface area contributed by atoms with E-state index in [1.54, 1.807) is 13.1 Å². The van der Waals surface area contributed by atoms with E-state index in [1.165, 1.54) is 74.5 Å². The molecule has 1 aromatic carbocycles. The van der Waals surface area contributed by atoms with Crippen LogP contribution in [-0.2, 0) is 73.5 Å². The summed E-state index contributed by atoms with van der Waals surface area (Å²) in [4.78, 5) is 191. The van der Waals surface area contributed by atoms with Gasteiger partial charge in [-0.05, 0) is 145 Å². The lowest BCUT2D eigenvalue weighted by molar-refractivity contribution is -0.140. The molecule has 2 heterocycles. The molecule has 8 amide bonds. The highest BCUT2D eigenvalue weighted by Crippen LogP contribution is 2.23. The number of allylic oxidation sites excluding steroid dienone is 2. The van der Waals surface area contributed by atoms with Crippen molar-refractivity contribution in [3.8, 4) is 0 Å². The number of Topliss-reactive ketones (excluding diaryl/α,β-unsaturated/α-hetero) is 6. The lowest BCUT2D eigenvalue weighted by atomic mass is 9.88. The minimum Gasteiger partial charge on any atom is -0.370 e. The van der Waals surface area contributed by atoms with Crippen LogP contribution in [0.15, 0.2) is 42.6 Å². The molecular weight excluding hydrogens is 1250 g/mol. The molecule has 29 nitrogen and oxygen atoms in total. The van der Waals surface area contributed by atoms with Crippen molar-refractivity contribution in [2.24, 2.45) is 29.0 Å². The standard InChI is InChI=1S/C67H106N14O14.CH5N/c1-39(2)32-48-36-71-51(28-29-54(68)84)59(89)57(87)42(5)75-64(94)52(33-47-35-70-50-27-23-22-26-49(47)50)72-37-53(83)66(10,73-34-40(3)82)30-24-20-18-16-14-13-15-17-19-21-25-31-67(11,79-63(48)93)65(95)78-46(9)62(92)77-45(8)61(91)76-44(7)60(90)74-41(4)56(86)58(88)43(6)80-81(12)38-55(69)85;1-2/h17,19,22-23,26-27,35,39,41-46,48,51-52,70-73,80H,13-16,18,20-21,24-25,28-34,36-38H2,1-12H3,(H2,68,84)(H2,69,85)(H,74,90)(H,75,94)(H,76,91)(H,77,92)(H,78,95)(H,79,93);2H2,1H3/b19-17+;/t41-,42?,43-,44?,45-,46?,48+,51-,52-,66+,67-;/m0./s1. The number of hydrogen-bond donors (Lipinski definition) is 14. The Bertz CT molecular complexity index is 3060. The Morgan fingerprint density at radius 3 is 1.80 bits per heavy atom. The topological polar surface area (TPSA) is 456 Å². The molecule has 0 radical (unpaired) electrons. The number of para-hydroxylation sites is 1. The van der Waals surface area contributed by atoms with Gasteiger partial charge in [0.15, 0.2) is 5.78 Å². The van der Waals surface area contributed by atoms with Gasteiger partial charge in [0.25, 0.3) is 0 Å². The highest BCUT2D eigenvalue weighted by molar-refractivity contribution is 6.41. The van der Waals surface area contributed by atoms with E-state index in [0.717, 1.165) is 55.0 Å². The van der Waals surface area contributed by atoms with Crippen molar-refractivity contribution in [2.75, 3.05) is 40.3 Å². The molecule has 3 unspecified atom stereocenters. The van der Waals surface area contributed by atoms with Crippen LogP contribution < -0.4 is 70.5 Å². The van der Waals surface area contributed by atoms with E-state index < -0.39 is 136 Å². The van der Waals surface area contributed by atoms with Gasteiger partial charge in [-0.1, -0.05) is 76.3 Å². The average molecular weight is 1360 g/mol. The van der Waals surface area contributed by atoms with Crippen molar-refractivity contribution in [3.63, 3.8) is 0 Å². The van der Waals surface area contributed by atoms with Crippen LogP contribution in [0, 0.1) is 11.8 Å². The molecule has 3 rings (SSSR count). The third-order valence-electron chi connectivity index (χ3n) is 16.8. The number of carbonyl (C=O) groups is 14. The summed E-state index contributed by atoms with van der Waals surface area (Å²) in [6, 6.07) is -2.65. The van der Waals surface area contributed by atoms with Gasteiger partial charge in [-0.15, -0.1) is 0 Å². The Morgan fingerprint density at radius 2 is 1.22 bits per heavy atom. The number of nitrogens with two attached hydrogens (primary N) is 3. The summed E-state index contributed by atoms with van der Waals surface area (Å²) in [7, 11) is 2.95. The Morgan fingerprint density at radius 1 is 0.660 bits per heavy atom. The molecule has 11 atom stereocenters. The lowest BCUT2D eigenvalue weighted by Crippen LogP contribution is -2.62. The van der Waals surface area contributed by atoms with Gasteiger partial charge in [0.2, 0.25) is 70.4 Å². The van der Waals surface area contributed by atoms with Gasteiger partial charge in [0.1, 0.15) is 29.4 Å². The number of fused-ring (bicyclic) bond motifs is 1. The number of aromatic nitrogens is 1. The number of H-pyrrole nitrogens is 1. The van der Waals surface area contributed by atoms with E-state index in [2.05, 4.69) is 70.1 Å². The van der Waals surface area contributed by atoms with Gasteiger partial charge < -0.3 is 59.4 Å². The molecule has 1 aliphatic heterocycles. The van der Waals surface area contributed by atoms with E-state index in [4.69, 9.17) is 11.5 Å². The van der Waals surface area contributed by atoms with Gasteiger partial charge in [-0.3, -0.25) is 77.8 Å². The van der Waals surface area contributed by atoms with E-state index in [9.17, 15) is 67.1 Å². The maximum Gasteiger partial charge on any atom is 0.246 e. The zero-order chi connectivity index (χ0) is 73.3. The van der Waals surface area contributed by atoms with Crippen LogP contribution in [0.25, 0.3) is 10.9 Å². The third kappa shape index (κ3) is 29.7. The summed E-state index contributed by atoms with van der Waals surface area (Å²) >= 11 is 0. The number of likely N-dealkylation sites (N-methyl/N-ethyl adjacent to an activating group) is 1. The van der Waals surface area contributed by atoms with E-state index in [1.807, 2.05) is 44.2 Å². The Kier molecular flexibility index (Phi) is 37.4. The number of ketones is 6. The quantitative estimate of drug-likeness (QED) is 0.0365. The largest absolute Gasteiger partial charge is 0.370 e. The van der Waals surface area contributed by atoms with E-state index >= 15 is 0 Å². The van der Waals surface area contributed by atoms with Crippen LogP contribution in [0.1, 0.15) is 172 Å². The number of amides is 8. The molecule has 97 heavy (non-hydrogen) atoms. The van der Waals surface area contributed by atoms with Crippen molar-refractivity contribution in [1.29, 1.82) is 0 Å². The lowest BCUT2D eigenvalue weighted by Gasteiger charge is -2.33. The van der Waals surface area contributed by atoms with Gasteiger partial charge in [-0.25, -0.2) is 10.4 Å². The minimum atomic E-state index is -1.67. The van der Waals surface area contributed by atoms with Gasteiger partial charge >= 0.3 is 0 Å². The SMILES string of the molecule is CC(=O)CN[C@]1(C)CCCCCCCC/C=C/CCC[C@@](C)(C(=O)NC(C)C(=O)N[C@@H](C)C(=O)NC(C)C(=O)N[C@@H](C)C(=O)C(=O)[C@H](C)NN(C)CC(N)=O)NC(=O)[C@H](CC(C)C)CN[C@@H](CCC(N)=O)C(=O)C(=O)C(C)NC(=O)[C@H](Cc2c[nH]c3ccccc23)NCC1=O.CN. The van der Waals surface area contributed by atoms with Crippen molar-refractivity contribution in [2.45, 2.75) is 232 Å². The average Bonchev–Trinajstić information content (AvgIpc) is 1.81. The maximum atomic E-state index is 14.7. The molecule has 0 spiro atoms. The van der Waals surface area contributed by atoms with Crippen LogP contribution in [0.5, 0.6) is 0 Å². The van der Waals surface area contributed by atoms with Crippen molar-refractivity contribution >= 4 is 92.9 Å². The fourth-order valence-corrected chi connectivity index (χ4v) is 10.9. The van der Waals surface area contributed by atoms with Crippen LogP contribution in [-0.4, -0.2) is 192 Å². The number of primary amides is 2. The van der Waals surface area contributed by atoms with Crippen molar-refractivity contribution in [1.82, 2.24) is 63.3 Å². The molecular formula is C68H111N15O14. The van der Waals surface area contributed by atoms with Gasteiger partial charge in [0.05, 0.1) is 61.3 Å². The van der Waals surface area contributed by atoms with Gasteiger partial charge in [-0.2, -0.15) is 0 Å². The summed E-state index contributed by atoms with van der Waals surface area (Å²) in [6.45, 7) is 15.7. The first-order chi connectivity index (χ1) is 45.6. The number of nitrogens with zero attached hydrogens (tertiary/aromatic N) is 1. The maximum absolute atomic E-state index is 14.7. The van der Waals surface area contributed by atoms with Gasteiger partial charge in [0, 0.05) is 37.1 Å². The fourth-order valence-electron chi connectivity index (χ4n) is 10.9. The minimum absolute atomic E-state index is 0.0425. The number of carbonyl (C=O) groups excluding carboxylic acids is 14. The van der Waals surface area contributed by atoms with Crippen LogP contribution in [0.4, 0.5) is 0 Å². The Balaban J connectivity index is 0.0000158. The van der Waals surface area contributed by atoms with E-state index in [-0.39, 0.29) is 75.8 Å². The first-order valence-electron chi connectivity index (χ1n) is 33.7. The molecule has 0 aliphatic carbocycles. The molecule has 542 valence electrons. The smallest absolute Gasteiger partial charge is 0.246 e. The molecule has 17 N–H and O–H groups in total. The second-order valence-corrected chi connectivity index (χ2v) is 26.2. The number of nitrogens with one attached hydrogen (secondary N) is 11. The first-order valence-corrected chi connectivity index (χ1v) is 33.7. The van der Waals surface area contributed by atoms with Crippen LogP contribution in [0.2, 0.25) is 0 Å². The normalized spacial score (nSPS) is 23.1. The number of hydrogen-bond acceptors (Lipinski definition) is 20. The highest BCUT2D eigenvalue weighted by Gasteiger charge is 2.40. The zero-order valence-electron chi connectivity index (χ0n) is 59.1. The molecule has 2 aromatic rings. The molecule has 29 heteroatoms. The molecule has 1 aromatic heterocycles. The zero-order valence-corrected chi connectivity index (χ0v) is 59.1. The third-order valence-corrected chi connectivity index (χ3v) is 16.8. The number of hydrazine groups is 1. The van der Waals surface area contributed by atoms with E-state index in [0.29, 0.717) is 25.7 Å². The predicted molar refractivity (Wildman–Crippen MR) is 368 cm³/mol. The summed E-state index contributed by atoms with van der Waals surface area (Å²) in [5, 5.41) is 27.0. The molecule has 1 aliphatic rings. The first kappa shape index (κ1) is 85.1. The summed E-state index contributed by atoms with van der Waals surface area (Å²) in [5.74, 6) is -11.4. The summed E-state index contributed by atoms with van der Waals surface area (Å²) in [5.41, 5.74) is 16.6. The molecule has 0 saturated heterocycles. The monoisotopic (exact) mass is 1360 g/mol. The summed E-state index contributed by atoms with van der Waals surface area (Å²) < 4.78 is 0. The molecule has 0 fully saturated rings. The molecule has 0 bridgehead atoms. The second kappa shape index (κ2) is 42.7. The fraction of sp³-hybridized carbons (Fsp3) is 0.647. The summed E-state index contributed by atoms with van der Waals surface area (Å²) in [6.07, 6.45) is 12.9. The molecule has 0 saturated carbocycles. The van der Waals surface area contributed by atoms with Crippen LogP contribution in [0.3, 0.4) is 0 Å². The van der Waals surface area contributed by atoms with Crippen molar-refractivity contribution < 1.29 is 67.1 Å². The predicted octanol–water partition coefficient (Wildman–Crippen LogP) is 0.482. The number of aromatic amines is 1. The number of benzene rings is 1. The highest BCUT2D eigenvalue weighted by atomic mass is 16.2. The second-order valence-electron chi connectivity index (χ2n) is 26.2. The van der Waals surface area contributed by atoms with Crippen LogP contribution >= 0.6 is 0 Å². The number of rotatable bonds is 25.